The maximum atomic E-state index is 13.6. The number of nitrogens with two attached hydrogens (primary N) is 2. The number of rotatable bonds is 8. The first-order valence-corrected chi connectivity index (χ1v) is 13.3. The van der Waals surface area contributed by atoms with Gasteiger partial charge in [0, 0.05) is 42.0 Å². The molecule has 0 spiro atoms. The van der Waals surface area contributed by atoms with Crippen LogP contribution in [0.1, 0.15) is 17.4 Å². The minimum absolute atomic E-state index is 0.105. The van der Waals surface area contributed by atoms with Gasteiger partial charge in [-0.2, -0.15) is 0 Å². The van der Waals surface area contributed by atoms with Gasteiger partial charge < -0.3 is 26.1 Å². The van der Waals surface area contributed by atoms with Crippen LogP contribution in [0.4, 0.5) is 16.2 Å². The highest BCUT2D eigenvalue weighted by Crippen LogP contribution is 2.33. The molecule has 1 amide bonds. The number of guanidine groups is 1. The molecule has 1 atom stereocenters. The molecule has 0 aliphatic rings. The van der Waals surface area contributed by atoms with E-state index in [2.05, 4.69) is 15.0 Å². The van der Waals surface area contributed by atoms with Crippen molar-refractivity contribution in [3.63, 3.8) is 0 Å². The van der Waals surface area contributed by atoms with Crippen molar-refractivity contribution in [3.8, 4) is 22.4 Å². The summed E-state index contributed by atoms with van der Waals surface area (Å²) >= 11 is 6.25. The van der Waals surface area contributed by atoms with E-state index in [0.29, 0.717) is 39.8 Å². The van der Waals surface area contributed by atoms with Crippen LogP contribution in [-0.4, -0.2) is 38.7 Å². The Labute approximate surface area is 246 Å². The van der Waals surface area contributed by atoms with E-state index < -0.39 is 12.1 Å². The van der Waals surface area contributed by atoms with Crippen LogP contribution in [0.25, 0.3) is 22.4 Å². The lowest BCUT2D eigenvalue weighted by molar-refractivity contribution is 0.203. The molecule has 2 aromatic heterocycles. The molecule has 11 heteroatoms. The summed E-state index contributed by atoms with van der Waals surface area (Å²) in [6.45, 7) is 0. The molecule has 10 nitrogen and oxygen atoms in total. The number of halogens is 1. The molecule has 42 heavy (non-hydrogen) atoms. The van der Waals surface area contributed by atoms with E-state index in [9.17, 15) is 14.7 Å². The Morgan fingerprint density at radius 1 is 1.05 bits per heavy atom. The summed E-state index contributed by atoms with van der Waals surface area (Å²) in [5.41, 5.74) is 15.8. The number of nitrogens with zero attached hydrogens (tertiary/aromatic N) is 4. The van der Waals surface area contributed by atoms with E-state index in [0.717, 1.165) is 21.7 Å². The highest BCUT2D eigenvalue weighted by Gasteiger charge is 2.21. The van der Waals surface area contributed by atoms with Crippen molar-refractivity contribution in [3.05, 3.63) is 124 Å². The zero-order chi connectivity index (χ0) is 29.8. The summed E-state index contributed by atoms with van der Waals surface area (Å²) < 4.78 is 1.63. The summed E-state index contributed by atoms with van der Waals surface area (Å²) in [6.07, 6.45) is 2.89. The van der Waals surface area contributed by atoms with Gasteiger partial charge in [-0.1, -0.05) is 54.1 Å². The van der Waals surface area contributed by atoms with Gasteiger partial charge in [0.2, 0.25) is 0 Å². The average molecular weight is 582 g/mol. The van der Waals surface area contributed by atoms with Gasteiger partial charge in [-0.25, -0.2) is 14.8 Å². The van der Waals surface area contributed by atoms with Gasteiger partial charge in [-0.3, -0.25) is 9.69 Å². The zero-order valence-corrected chi connectivity index (χ0v) is 23.4. The fraction of sp³-hybridized carbons (Fsp3) is 0.0968. The van der Waals surface area contributed by atoms with Crippen LogP contribution >= 0.6 is 11.6 Å². The third kappa shape index (κ3) is 6.18. The number of carboxylic acid groups (broad SMARTS) is 1. The van der Waals surface area contributed by atoms with Gasteiger partial charge in [-0.05, 0) is 53.1 Å². The maximum absolute atomic E-state index is 13.6. The number of pyridine rings is 1. The van der Waals surface area contributed by atoms with Gasteiger partial charge in [0.1, 0.15) is 5.82 Å². The van der Waals surface area contributed by atoms with Crippen molar-refractivity contribution in [2.24, 2.45) is 16.5 Å². The Bertz CT molecular complexity index is 1810. The summed E-state index contributed by atoms with van der Waals surface area (Å²) in [4.78, 5) is 38.2. The van der Waals surface area contributed by atoms with Crippen LogP contribution in [0, 0.1) is 0 Å². The van der Waals surface area contributed by atoms with Gasteiger partial charge in [-0.15, -0.1) is 0 Å². The van der Waals surface area contributed by atoms with Crippen molar-refractivity contribution in [2.75, 3.05) is 11.9 Å². The quantitative estimate of drug-likeness (QED) is 0.142. The van der Waals surface area contributed by atoms with Gasteiger partial charge in [0.05, 0.1) is 23.6 Å². The molecule has 0 saturated carbocycles. The molecule has 0 bridgehead atoms. The molecule has 0 saturated heterocycles. The van der Waals surface area contributed by atoms with E-state index in [1.807, 2.05) is 48.5 Å². The lowest BCUT2D eigenvalue weighted by Gasteiger charge is -2.19. The number of hydrogen-bond acceptors (Lipinski definition) is 4. The van der Waals surface area contributed by atoms with Crippen LogP contribution in [0.15, 0.2) is 107 Å². The van der Waals surface area contributed by atoms with Crippen molar-refractivity contribution in [1.82, 2.24) is 14.5 Å². The predicted molar refractivity (Wildman–Crippen MR) is 165 cm³/mol. The Hall–Kier alpha value is -5.35. The Morgan fingerprint density at radius 2 is 1.79 bits per heavy atom. The SMILES string of the molecule is CN(C(=O)O)c1ccc(-c2cnc(C(Cc3ccccc3)n3ccc(-c4cc(Cl)ccc4N=C(N)N)cc3=O)[nH]2)cc1. The standard InChI is InChI=1S/C31H28ClN7O3/c1-38(31(41)42)23-10-7-20(8-11-23)26-18-35-29(36-26)27(15-19-5-3-2-4-6-19)39-14-13-21(16-28(39)40)24-17-22(32)9-12-25(24)37-30(33)34/h2-14,16-18,27H,15H2,1H3,(H,35,36)(H,41,42)(H4,33,34,37). The topological polar surface area (TPSA) is 156 Å². The van der Waals surface area contributed by atoms with Gasteiger partial charge >= 0.3 is 6.09 Å². The number of aromatic amines is 1. The van der Waals surface area contributed by atoms with E-state index in [1.54, 1.807) is 47.3 Å². The van der Waals surface area contributed by atoms with Crippen molar-refractivity contribution >= 4 is 35.0 Å². The number of aromatic nitrogens is 3. The number of benzene rings is 3. The van der Waals surface area contributed by atoms with E-state index in [4.69, 9.17) is 23.1 Å². The molecule has 0 fully saturated rings. The van der Waals surface area contributed by atoms with Crippen LogP contribution in [0.5, 0.6) is 0 Å². The normalized spacial score (nSPS) is 11.6. The first-order valence-electron chi connectivity index (χ1n) is 13.0. The number of H-pyrrole nitrogens is 1. The fourth-order valence-electron chi connectivity index (χ4n) is 4.68. The lowest BCUT2D eigenvalue weighted by Crippen LogP contribution is -2.27. The molecule has 3 aromatic carbocycles. The van der Waals surface area contributed by atoms with Crippen molar-refractivity contribution < 1.29 is 9.90 Å². The maximum Gasteiger partial charge on any atom is 0.411 e. The molecular formula is C31H28ClN7O3. The molecule has 6 N–H and O–H groups in total. The second kappa shape index (κ2) is 12.0. The number of anilines is 1. The summed E-state index contributed by atoms with van der Waals surface area (Å²) in [5, 5.41) is 9.72. The zero-order valence-electron chi connectivity index (χ0n) is 22.6. The second-order valence-electron chi connectivity index (χ2n) is 9.64. The first kappa shape index (κ1) is 28.2. The van der Waals surface area contributed by atoms with E-state index in [1.165, 1.54) is 13.1 Å². The number of amides is 1. The lowest BCUT2D eigenvalue weighted by atomic mass is 10.0. The Balaban J connectivity index is 1.53. The minimum Gasteiger partial charge on any atom is -0.465 e. The molecule has 1 unspecified atom stereocenters. The van der Waals surface area contributed by atoms with E-state index in [-0.39, 0.29) is 11.5 Å². The molecule has 5 rings (SSSR count). The molecule has 2 heterocycles. The largest absolute Gasteiger partial charge is 0.465 e. The number of hydrogen-bond donors (Lipinski definition) is 4. The Morgan fingerprint density at radius 3 is 2.45 bits per heavy atom. The highest BCUT2D eigenvalue weighted by atomic mass is 35.5. The van der Waals surface area contributed by atoms with Gasteiger partial charge in [0.25, 0.3) is 5.56 Å². The molecule has 0 radical (unpaired) electrons. The van der Waals surface area contributed by atoms with Crippen LogP contribution in [-0.2, 0) is 6.42 Å². The minimum atomic E-state index is -1.05. The number of carbonyl (C=O) groups is 1. The molecule has 0 aliphatic heterocycles. The van der Waals surface area contributed by atoms with Crippen LogP contribution in [0.2, 0.25) is 5.02 Å². The van der Waals surface area contributed by atoms with Crippen LogP contribution < -0.4 is 21.9 Å². The van der Waals surface area contributed by atoms with Crippen molar-refractivity contribution in [1.29, 1.82) is 0 Å². The summed E-state index contributed by atoms with van der Waals surface area (Å²) in [6, 6.07) is 24.9. The first-order chi connectivity index (χ1) is 20.2. The van der Waals surface area contributed by atoms with Crippen molar-refractivity contribution in [2.45, 2.75) is 12.5 Å². The van der Waals surface area contributed by atoms with Crippen LogP contribution in [0.3, 0.4) is 0 Å². The number of nitrogens with one attached hydrogen (secondary N) is 1. The third-order valence-electron chi connectivity index (χ3n) is 6.84. The Kier molecular flexibility index (Phi) is 8.07. The number of imidazole rings is 1. The second-order valence-corrected chi connectivity index (χ2v) is 10.1. The average Bonchev–Trinajstić information content (AvgIpc) is 3.47. The molecule has 212 valence electrons. The third-order valence-corrected chi connectivity index (χ3v) is 7.07. The predicted octanol–water partition coefficient (Wildman–Crippen LogP) is 5.41. The summed E-state index contributed by atoms with van der Waals surface area (Å²) in [7, 11) is 1.48. The molecule has 0 aliphatic carbocycles. The summed E-state index contributed by atoms with van der Waals surface area (Å²) in [5.74, 6) is 0.492. The molecule has 5 aromatic rings. The smallest absolute Gasteiger partial charge is 0.411 e. The number of aliphatic imine (C=N–C) groups is 1. The monoisotopic (exact) mass is 581 g/mol. The van der Waals surface area contributed by atoms with E-state index >= 15 is 0 Å². The van der Waals surface area contributed by atoms with Gasteiger partial charge in [0.15, 0.2) is 5.96 Å². The highest BCUT2D eigenvalue weighted by molar-refractivity contribution is 6.31. The molecular weight excluding hydrogens is 554 g/mol. The fourth-order valence-corrected chi connectivity index (χ4v) is 4.85.